The quantitative estimate of drug-likeness (QED) is 0.849. The van der Waals surface area contributed by atoms with Gasteiger partial charge in [-0.15, -0.1) is 0 Å². The lowest BCUT2D eigenvalue weighted by atomic mass is 10.3. The Hall–Kier alpha value is -2.11. The molecular formula is C13H20N4O2. The lowest BCUT2D eigenvalue weighted by Gasteiger charge is -2.15. The van der Waals surface area contributed by atoms with Crippen molar-refractivity contribution in [1.82, 2.24) is 14.8 Å². The minimum absolute atomic E-state index is 0.000187. The second-order valence-corrected chi connectivity index (χ2v) is 4.39. The van der Waals surface area contributed by atoms with Gasteiger partial charge in [0, 0.05) is 39.6 Å². The van der Waals surface area contributed by atoms with Gasteiger partial charge in [-0.2, -0.15) is 0 Å². The predicted molar refractivity (Wildman–Crippen MR) is 74.1 cm³/mol. The van der Waals surface area contributed by atoms with Gasteiger partial charge in [0.25, 0.3) is 5.91 Å². The molecule has 0 aliphatic rings. The Labute approximate surface area is 113 Å². The van der Waals surface area contributed by atoms with E-state index in [1.54, 1.807) is 44.4 Å². The summed E-state index contributed by atoms with van der Waals surface area (Å²) in [7, 11) is 5.09. The van der Waals surface area contributed by atoms with Gasteiger partial charge in [0.15, 0.2) is 0 Å². The molecule has 2 amide bonds. The Balaban J connectivity index is 2.68. The van der Waals surface area contributed by atoms with Crippen molar-refractivity contribution in [3.05, 3.63) is 24.0 Å². The van der Waals surface area contributed by atoms with Gasteiger partial charge in [-0.3, -0.25) is 14.6 Å². The lowest BCUT2D eigenvalue weighted by Crippen LogP contribution is -2.32. The first-order valence-electron chi connectivity index (χ1n) is 6.11. The van der Waals surface area contributed by atoms with Gasteiger partial charge in [0.2, 0.25) is 5.91 Å². The first kappa shape index (κ1) is 14.9. The van der Waals surface area contributed by atoms with E-state index < -0.39 is 0 Å². The Morgan fingerprint density at radius 3 is 2.58 bits per heavy atom. The second-order valence-electron chi connectivity index (χ2n) is 4.39. The molecule has 0 spiro atoms. The smallest absolute Gasteiger partial charge is 0.272 e. The van der Waals surface area contributed by atoms with E-state index in [4.69, 9.17) is 0 Å². The maximum atomic E-state index is 11.7. The van der Waals surface area contributed by atoms with Gasteiger partial charge in [0.05, 0.1) is 6.54 Å². The number of hydrogen-bond acceptors (Lipinski definition) is 4. The molecular weight excluding hydrogens is 244 g/mol. The average Bonchev–Trinajstić information content (AvgIpc) is 2.43. The summed E-state index contributed by atoms with van der Waals surface area (Å²) in [5.74, 6) is -0.166. The van der Waals surface area contributed by atoms with Gasteiger partial charge in [-0.05, 0) is 19.1 Å². The van der Waals surface area contributed by atoms with Crippen molar-refractivity contribution in [2.75, 3.05) is 39.5 Å². The average molecular weight is 264 g/mol. The Morgan fingerprint density at radius 2 is 2.00 bits per heavy atom. The van der Waals surface area contributed by atoms with Crippen molar-refractivity contribution in [1.29, 1.82) is 0 Å². The topological polar surface area (TPSA) is 65.5 Å². The number of carbonyl (C=O) groups excluding carboxylic acids is 2. The molecule has 0 aliphatic carbocycles. The summed E-state index contributed by atoms with van der Waals surface area (Å²) >= 11 is 0. The molecule has 1 aromatic heterocycles. The van der Waals surface area contributed by atoms with E-state index >= 15 is 0 Å². The third-order valence-corrected chi connectivity index (χ3v) is 2.73. The minimum Gasteiger partial charge on any atom is -0.376 e. The fourth-order valence-electron chi connectivity index (χ4n) is 1.38. The highest BCUT2D eigenvalue weighted by atomic mass is 16.2. The minimum atomic E-state index is -0.166. The molecule has 0 aliphatic heterocycles. The van der Waals surface area contributed by atoms with Crippen molar-refractivity contribution in [3.8, 4) is 0 Å². The van der Waals surface area contributed by atoms with E-state index in [1.165, 1.54) is 4.90 Å². The zero-order valence-electron chi connectivity index (χ0n) is 11.8. The number of nitrogens with one attached hydrogen (secondary N) is 1. The van der Waals surface area contributed by atoms with Crippen molar-refractivity contribution in [3.63, 3.8) is 0 Å². The van der Waals surface area contributed by atoms with Crippen molar-refractivity contribution in [2.24, 2.45) is 0 Å². The van der Waals surface area contributed by atoms with Crippen LogP contribution in [-0.4, -0.2) is 60.8 Å². The number of pyridine rings is 1. The molecule has 1 heterocycles. The largest absolute Gasteiger partial charge is 0.376 e. The molecule has 0 fully saturated rings. The Bertz CT molecular complexity index is 460. The highest BCUT2D eigenvalue weighted by Gasteiger charge is 2.11. The molecule has 0 aromatic carbocycles. The number of carbonyl (C=O) groups is 2. The third-order valence-electron chi connectivity index (χ3n) is 2.73. The number of rotatable bonds is 5. The van der Waals surface area contributed by atoms with Gasteiger partial charge >= 0.3 is 0 Å². The van der Waals surface area contributed by atoms with Crippen LogP contribution in [0.15, 0.2) is 18.3 Å². The SMILES string of the molecule is CCN(C)C(=O)CNc1ccnc(C(=O)N(C)C)c1. The summed E-state index contributed by atoms with van der Waals surface area (Å²) in [6, 6.07) is 3.37. The highest BCUT2D eigenvalue weighted by Crippen LogP contribution is 2.09. The van der Waals surface area contributed by atoms with Crippen LogP contribution in [0.3, 0.4) is 0 Å². The van der Waals surface area contributed by atoms with E-state index in [9.17, 15) is 9.59 Å². The number of likely N-dealkylation sites (N-methyl/N-ethyl adjacent to an activating group) is 1. The maximum absolute atomic E-state index is 11.7. The van der Waals surface area contributed by atoms with Gasteiger partial charge in [0.1, 0.15) is 5.69 Å². The third kappa shape index (κ3) is 4.24. The Morgan fingerprint density at radius 1 is 1.32 bits per heavy atom. The van der Waals surface area contributed by atoms with E-state index in [0.29, 0.717) is 17.9 Å². The Kier molecular flexibility index (Phi) is 5.29. The van der Waals surface area contributed by atoms with Gasteiger partial charge in [-0.1, -0.05) is 0 Å². The van der Waals surface area contributed by atoms with Crippen LogP contribution in [0.5, 0.6) is 0 Å². The predicted octanol–water partition coefficient (Wildman–Crippen LogP) is 0.674. The molecule has 1 N–H and O–H groups in total. The summed E-state index contributed by atoms with van der Waals surface area (Å²) in [6.07, 6.45) is 1.55. The first-order chi connectivity index (χ1) is 8.95. The number of amides is 2. The number of anilines is 1. The van der Waals surface area contributed by atoms with Crippen LogP contribution in [0.2, 0.25) is 0 Å². The zero-order chi connectivity index (χ0) is 14.4. The van der Waals surface area contributed by atoms with Crippen LogP contribution in [-0.2, 0) is 4.79 Å². The van der Waals surface area contributed by atoms with Crippen LogP contribution in [0.4, 0.5) is 5.69 Å². The van der Waals surface area contributed by atoms with Crippen LogP contribution in [0.25, 0.3) is 0 Å². The molecule has 0 atom stereocenters. The molecule has 0 saturated heterocycles. The van der Waals surface area contributed by atoms with Gasteiger partial charge < -0.3 is 15.1 Å². The molecule has 6 heteroatoms. The van der Waals surface area contributed by atoms with E-state index in [2.05, 4.69) is 10.3 Å². The van der Waals surface area contributed by atoms with Crippen LogP contribution < -0.4 is 5.32 Å². The van der Waals surface area contributed by atoms with Crippen LogP contribution in [0, 0.1) is 0 Å². The molecule has 0 saturated carbocycles. The zero-order valence-corrected chi connectivity index (χ0v) is 11.8. The fourth-order valence-corrected chi connectivity index (χ4v) is 1.38. The van der Waals surface area contributed by atoms with Crippen LogP contribution in [0.1, 0.15) is 17.4 Å². The van der Waals surface area contributed by atoms with Crippen molar-refractivity contribution >= 4 is 17.5 Å². The summed E-state index contributed by atoms with van der Waals surface area (Å²) in [5, 5.41) is 2.99. The van der Waals surface area contributed by atoms with E-state index in [1.807, 2.05) is 6.92 Å². The monoisotopic (exact) mass is 264 g/mol. The number of nitrogens with zero attached hydrogens (tertiary/aromatic N) is 3. The molecule has 0 unspecified atom stereocenters. The molecule has 0 bridgehead atoms. The summed E-state index contributed by atoms with van der Waals surface area (Å²) in [5.41, 5.74) is 1.06. The molecule has 1 aromatic rings. The van der Waals surface area contributed by atoms with Crippen molar-refractivity contribution in [2.45, 2.75) is 6.92 Å². The van der Waals surface area contributed by atoms with E-state index in [0.717, 1.165) is 0 Å². The van der Waals surface area contributed by atoms with Crippen LogP contribution >= 0.6 is 0 Å². The first-order valence-corrected chi connectivity index (χ1v) is 6.11. The summed E-state index contributed by atoms with van der Waals surface area (Å²) in [4.78, 5) is 30.5. The standard InChI is InChI=1S/C13H20N4O2/c1-5-17(4)12(18)9-15-10-6-7-14-11(8-10)13(19)16(2)3/h6-8H,5,9H2,1-4H3,(H,14,15). The fraction of sp³-hybridized carbons (Fsp3) is 0.462. The molecule has 104 valence electrons. The number of aromatic nitrogens is 1. The highest BCUT2D eigenvalue weighted by molar-refractivity contribution is 5.92. The van der Waals surface area contributed by atoms with E-state index in [-0.39, 0.29) is 18.4 Å². The normalized spacial score (nSPS) is 9.89. The summed E-state index contributed by atoms with van der Waals surface area (Å²) < 4.78 is 0. The van der Waals surface area contributed by atoms with Gasteiger partial charge in [-0.25, -0.2) is 0 Å². The molecule has 6 nitrogen and oxygen atoms in total. The number of hydrogen-bond donors (Lipinski definition) is 1. The second kappa shape index (κ2) is 6.72. The molecule has 1 rings (SSSR count). The molecule has 0 radical (unpaired) electrons. The maximum Gasteiger partial charge on any atom is 0.272 e. The van der Waals surface area contributed by atoms with Crippen molar-refractivity contribution < 1.29 is 9.59 Å². The molecule has 19 heavy (non-hydrogen) atoms. The lowest BCUT2D eigenvalue weighted by molar-refractivity contribution is -0.127. The summed E-state index contributed by atoms with van der Waals surface area (Å²) in [6.45, 7) is 2.78.